The van der Waals surface area contributed by atoms with Gasteiger partial charge in [-0.25, -0.2) is 4.98 Å². The molecule has 0 saturated heterocycles. The summed E-state index contributed by atoms with van der Waals surface area (Å²) in [7, 11) is 0. The van der Waals surface area contributed by atoms with Crippen molar-refractivity contribution in [3.8, 4) is 23.5 Å². The Morgan fingerprint density at radius 2 is 1.97 bits per heavy atom. The fourth-order valence-electron chi connectivity index (χ4n) is 2.57. The highest BCUT2D eigenvalue weighted by Gasteiger charge is 2.25. The molecule has 2 heterocycles. The van der Waals surface area contributed by atoms with Crippen LogP contribution in [-0.2, 0) is 4.79 Å². The van der Waals surface area contributed by atoms with Crippen LogP contribution in [0.2, 0.25) is 0 Å². The maximum atomic E-state index is 12.6. The number of carbonyl (C=O) groups excluding carboxylic acids is 1. The zero-order chi connectivity index (χ0) is 21.0. The molecule has 1 aromatic carbocycles. The standard InChI is InChI=1S/C20H14BrN5O2S/c1-11(19(27)25-15-6-3-2-5-14(15)21)29-20-13(10-23)17(16-7-4-8-28-16)12(9-22)18(24)26-20/h2-8,11H,1H3,(H2,24,26)(H,25,27). The minimum absolute atomic E-state index is 0.0289. The van der Waals surface area contributed by atoms with Crippen molar-refractivity contribution in [1.29, 1.82) is 10.5 Å². The number of nitriles is 2. The Hall–Kier alpha value is -3.27. The number of para-hydroxylation sites is 1. The molecule has 29 heavy (non-hydrogen) atoms. The van der Waals surface area contributed by atoms with E-state index in [2.05, 4.69) is 32.3 Å². The highest BCUT2D eigenvalue weighted by molar-refractivity contribution is 9.10. The first-order chi connectivity index (χ1) is 14.0. The number of halogens is 1. The van der Waals surface area contributed by atoms with Gasteiger partial charge in [0.2, 0.25) is 5.91 Å². The number of amides is 1. The molecular weight excluding hydrogens is 454 g/mol. The Kier molecular flexibility index (Phi) is 6.23. The molecule has 144 valence electrons. The van der Waals surface area contributed by atoms with Crippen molar-refractivity contribution in [2.24, 2.45) is 0 Å². The highest BCUT2D eigenvalue weighted by atomic mass is 79.9. The number of thioether (sulfide) groups is 1. The topological polar surface area (TPSA) is 129 Å². The van der Waals surface area contributed by atoms with Crippen molar-refractivity contribution >= 4 is 45.1 Å². The van der Waals surface area contributed by atoms with Gasteiger partial charge >= 0.3 is 0 Å². The van der Waals surface area contributed by atoms with Crippen LogP contribution in [0.3, 0.4) is 0 Å². The molecule has 2 aromatic heterocycles. The molecule has 3 rings (SSSR count). The second-order valence-electron chi connectivity index (χ2n) is 5.86. The molecule has 0 aliphatic heterocycles. The lowest BCUT2D eigenvalue weighted by Crippen LogP contribution is -2.23. The summed E-state index contributed by atoms with van der Waals surface area (Å²) in [6.07, 6.45) is 1.44. The molecule has 0 aliphatic carbocycles. The summed E-state index contributed by atoms with van der Waals surface area (Å²) < 4.78 is 6.13. The lowest BCUT2D eigenvalue weighted by Gasteiger charge is -2.15. The molecule has 1 unspecified atom stereocenters. The lowest BCUT2D eigenvalue weighted by molar-refractivity contribution is -0.115. The number of nitrogens with two attached hydrogens (primary N) is 1. The van der Waals surface area contributed by atoms with Gasteiger partial charge in [-0.15, -0.1) is 0 Å². The number of nitrogen functional groups attached to an aromatic ring is 1. The minimum atomic E-state index is -0.585. The van der Waals surface area contributed by atoms with Crippen molar-refractivity contribution < 1.29 is 9.21 Å². The molecule has 0 aliphatic rings. The van der Waals surface area contributed by atoms with Crippen LogP contribution in [0.1, 0.15) is 18.1 Å². The van der Waals surface area contributed by atoms with Gasteiger partial charge in [0.1, 0.15) is 34.3 Å². The third-order valence-electron chi connectivity index (χ3n) is 3.97. The largest absolute Gasteiger partial charge is 0.464 e. The van der Waals surface area contributed by atoms with Gasteiger partial charge in [-0.05, 0) is 47.1 Å². The predicted molar refractivity (Wildman–Crippen MR) is 114 cm³/mol. The van der Waals surface area contributed by atoms with Crippen LogP contribution in [0.4, 0.5) is 11.5 Å². The number of nitrogens with one attached hydrogen (secondary N) is 1. The van der Waals surface area contributed by atoms with E-state index in [1.807, 2.05) is 24.3 Å². The van der Waals surface area contributed by atoms with E-state index in [1.165, 1.54) is 6.26 Å². The molecule has 0 radical (unpaired) electrons. The highest BCUT2D eigenvalue weighted by Crippen LogP contribution is 2.37. The van der Waals surface area contributed by atoms with Gasteiger partial charge in [0, 0.05) is 4.47 Å². The molecule has 1 atom stereocenters. The van der Waals surface area contributed by atoms with Gasteiger partial charge in [-0.2, -0.15) is 10.5 Å². The SMILES string of the molecule is CC(Sc1nc(N)c(C#N)c(-c2ccco2)c1C#N)C(=O)Nc1ccccc1Br. The summed E-state index contributed by atoms with van der Waals surface area (Å²) in [4.78, 5) is 16.8. The van der Waals surface area contributed by atoms with Crippen molar-refractivity contribution in [1.82, 2.24) is 4.98 Å². The number of anilines is 2. The van der Waals surface area contributed by atoms with Crippen LogP contribution in [0.25, 0.3) is 11.3 Å². The van der Waals surface area contributed by atoms with Gasteiger partial charge < -0.3 is 15.5 Å². The molecule has 3 N–H and O–H groups in total. The number of hydrogen-bond donors (Lipinski definition) is 2. The Morgan fingerprint density at radius 3 is 2.59 bits per heavy atom. The number of pyridine rings is 1. The number of carbonyl (C=O) groups is 1. The third kappa shape index (κ3) is 4.27. The van der Waals surface area contributed by atoms with Crippen molar-refractivity contribution in [3.63, 3.8) is 0 Å². The van der Waals surface area contributed by atoms with Crippen molar-refractivity contribution in [2.75, 3.05) is 11.1 Å². The summed E-state index contributed by atoms with van der Waals surface area (Å²) in [6, 6.07) is 14.6. The summed E-state index contributed by atoms with van der Waals surface area (Å²) >= 11 is 4.47. The summed E-state index contributed by atoms with van der Waals surface area (Å²) in [5, 5.41) is 21.7. The smallest absolute Gasteiger partial charge is 0.237 e. The number of benzene rings is 1. The zero-order valence-electron chi connectivity index (χ0n) is 15.1. The van der Waals surface area contributed by atoms with E-state index in [0.29, 0.717) is 11.4 Å². The fraction of sp³-hybridized carbons (Fsp3) is 0.100. The fourth-order valence-corrected chi connectivity index (χ4v) is 3.87. The third-order valence-corrected chi connectivity index (χ3v) is 5.75. The Labute approximate surface area is 179 Å². The van der Waals surface area contributed by atoms with Crippen LogP contribution < -0.4 is 11.1 Å². The lowest BCUT2D eigenvalue weighted by atomic mass is 10.0. The first-order valence-electron chi connectivity index (χ1n) is 8.35. The molecule has 0 bridgehead atoms. The van der Waals surface area contributed by atoms with Gasteiger partial charge in [-0.1, -0.05) is 23.9 Å². The molecule has 0 saturated carbocycles. The van der Waals surface area contributed by atoms with E-state index in [4.69, 9.17) is 10.2 Å². The van der Waals surface area contributed by atoms with Gasteiger partial charge in [0.25, 0.3) is 0 Å². The van der Waals surface area contributed by atoms with Crippen molar-refractivity contribution in [3.05, 3.63) is 58.3 Å². The summed E-state index contributed by atoms with van der Waals surface area (Å²) in [6.45, 7) is 1.70. The Balaban J connectivity index is 1.95. The summed E-state index contributed by atoms with van der Waals surface area (Å²) in [5.74, 6) is 0.0354. The predicted octanol–water partition coefficient (Wildman–Crippen LogP) is 4.55. The van der Waals surface area contributed by atoms with Crippen LogP contribution in [0.5, 0.6) is 0 Å². The second kappa shape index (κ2) is 8.82. The maximum absolute atomic E-state index is 12.6. The maximum Gasteiger partial charge on any atom is 0.237 e. The Morgan fingerprint density at radius 1 is 1.24 bits per heavy atom. The molecular formula is C20H14BrN5O2S. The first-order valence-corrected chi connectivity index (χ1v) is 10.0. The Bertz CT molecular complexity index is 1150. The minimum Gasteiger partial charge on any atom is -0.464 e. The molecule has 9 heteroatoms. The molecule has 3 aromatic rings. The van der Waals surface area contributed by atoms with E-state index in [9.17, 15) is 15.3 Å². The molecule has 1 amide bonds. The normalized spacial score (nSPS) is 11.3. The van der Waals surface area contributed by atoms with Gasteiger partial charge in [-0.3, -0.25) is 4.79 Å². The number of hydrogen-bond acceptors (Lipinski definition) is 7. The van der Waals surface area contributed by atoms with Gasteiger partial charge in [0.15, 0.2) is 0 Å². The van der Waals surface area contributed by atoms with Crippen LogP contribution >= 0.6 is 27.7 Å². The van der Waals surface area contributed by atoms with E-state index < -0.39 is 5.25 Å². The number of rotatable bonds is 5. The molecule has 0 fully saturated rings. The number of aromatic nitrogens is 1. The first kappa shape index (κ1) is 20.5. The van der Waals surface area contributed by atoms with Crippen molar-refractivity contribution in [2.45, 2.75) is 17.2 Å². The van der Waals surface area contributed by atoms with Crippen LogP contribution in [0.15, 0.2) is 56.6 Å². The summed E-state index contributed by atoms with van der Waals surface area (Å²) in [5.41, 5.74) is 7.05. The van der Waals surface area contributed by atoms with E-state index in [0.717, 1.165) is 16.2 Å². The van der Waals surface area contributed by atoms with Crippen LogP contribution in [0, 0.1) is 22.7 Å². The average Bonchev–Trinajstić information content (AvgIpc) is 3.23. The van der Waals surface area contributed by atoms with Gasteiger partial charge in [0.05, 0.1) is 28.3 Å². The average molecular weight is 468 g/mol. The molecule has 0 spiro atoms. The monoisotopic (exact) mass is 467 g/mol. The van der Waals surface area contributed by atoms with Crippen LogP contribution in [-0.4, -0.2) is 16.1 Å². The number of furan rings is 1. The second-order valence-corrected chi connectivity index (χ2v) is 8.04. The molecule has 7 nitrogen and oxygen atoms in total. The number of nitrogens with zero attached hydrogens (tertiary/aromatic N) is 3. The van der Waals surface area contributed by atoms with E-state index in [1.54, 1.807) is 25.1 Å². The van der Waals surface area contributed by atoms with E-state index >= 15 is 0 Å². The van der Waals surface area contributed by atoms with E-state index in [-0.39, 0.29) is 33.4 Å². The quantitative estimate of drug-likeness (QED) is 0.526. The zero-order valence-corrected chi connectivity index (χ0v) is 17.5.